The Kier molecular flexibility index (Phi) is 2.93. The van der Waals surface area contributed by atoms with Crippen molar-refractivity contribution in [3.63, 3.8) is 0 Å². The van der Waals surface area contributed by atoms with Crippen molar-refractivity contribution < 1.29 is 4.79 Å². The Labute approximate surface area is 87.3 Å². The monoisotopic (exact) mass is 210 g/mol. The van der Waals surface area contributed by atoms with Crippen LogP contribution >= 0.6 is 11.3 Å². The van der Waals surface area contributed by atoms with E-state index in [0.717, 1.165) is 17.3 Å². The molecule has 76 valence electrons. The summed E-state index contributed by atoms with van der Waals surface area (Å²) >= 11 is 1.47. The van der Waals surface area contributed by atoms with Gasteiger partial charge in [-0.1, -0.05) is 12.8 Å². The van der Waals surface area contributed by atoms with Crippen molar-refractivity contribution in [1.82, 2.24) is 4.98 Å². The Balaban J connectivity index is 1.88. The van der Waals surface area contributed by atoms with Crippen molar-refractivity contribution in [2.24, 2.45) is 11.7 Å². The zero-order valence-corrected chi connectivity index (χ0v) is 8.85. The molecule has 0 amide bonds. The average molecular weight is 210 g/mol. The first kappa shape index (κ1) is 9.80. The van der Waals surface area contributed by atoms with Crippen LogP contribution in [0.4, 0.5) is 0 Å². The number of nitrogens with zero attached hydrogens (tertiary/aromatic N) is 1. The first-order chi connectivity index (χ1) is 6.79. The molecule has 1 fully saturated rings. The van der Waals surface area contributed by atoms with Crippen molar-refractivity contribution in [3.8, 4) is 0 Å². The molecule has 0 atom stereocenters. The van der Waals surface area contributed by atoms with Crippen molar-refractivity contribution >= 4 is 17.1 Å². The first-order valence-electron chi connectivity index (χ1n) is 4.97. The second-order valence-electron chi connectivity index (χ2n) is 3.74. The van der Waals surface area contributed by atoms with Crippen LogP contribution in [-0.4, -0.2) is 10.8 Å². The molecule has 0 bridgehead atoms. The summed E-state index contributed by atoms with van der Waals surface area (Å²) in [6.45, 7) is 0.431. The summed E-state index contributed by atoms with van der Waals surface area (Å²) in [5.74, 6) is 0.986. The van der Waals surface area contributed by atoms with Gasteiger partial charge in [0.05, 0.1) is 0 Å². The molecular formula is C10H14N2OS. The third kappa shape index (κ3) is 2.39. The van der Waals surface area contributed by atoms with E-state index in [2.05, 4.69) is 4.98 Å². The number of ketones is 1. The van der Waals surface area contributed by atoms with Gasteiger partial charge in [-0.2, -0.15) is 0 Å². The molecule has 0 radical (unpaired) electrons. The van der Waals surface area contributed by atoms with Crippen LogP contribution in [0.2, 0.25) is 0 Å². The zero-order valence-electron chi connectivity index (χ0n) is 8.03. The lowest BCUT2D eigenvalue weighted by Gasteiger charge is -1.94. The van der Waals surface area contributed by atoms with Gasteiger partial charge < -0.3 is 5.73 Å². The van der Waals surface area contributed by atoms with Crippen molar-refractivity contribution in [2.75, 3.05) is 0 Å². The number of carbonyl (C=O) groups is 1. The minimum Gasteiger partial charge on any atom is -0.325 e. The molecule has 1 aromatic heterocycles. The van der Waals surface area contributed by atoms with Crippen molar-refractivity contribution in [2.45, 2.75) is 32.2 Å². The van der Waals surface area contributed by atoms with Gasteiger partial charge in [-0.25, -0.2) is 4.98 Å². The summed E-state index contributed by atoms with van der Waals surface area (Å²) in [5, 5.41) is 2.66. The van der Waals surface area contributed by atoms with Gasteiger partial charge in [-0.3, -0.25) is 4.79 Å². The quantitative estimate of drug-likeness (QED) is 0.756. The third-order valence-corrected chi connectivity index (χ3v) is 3.36. The van der Waals surface area contributed by atoms with E-state index >= 15 is 0 Å². The largest absolute Gasteiger partial charge is 0.325 e. The van der Waals surface area contributed by atoms with Gasteiger partial charge in [0, 0.05) is 18.3 Å². The Morgan fingerprint density at radius 1 is 1.64 bits per heavy atom. The van der Waals surface area contributed by atoms with Gasteiger partial charge in [-0.15, -0.1) is 11.3 Å². The summed E-state index contributed by atoms with van der Waals surface area (Å²) in [4.78, 5) is 15.8. The summed E-state index contributed by atoms with van der Waals surface area (Å²) in [6, 6.07) is 0. The molecule has 1 aliphatic rings. The van der Waals surface area contributed by atoms with Gasteiger partial charge in [-0.05, 0) is 12.3 Å². The summed E-state index contributed by atoms with van der Waals surface area (Å²) in [6.07, 6.45) is 4.30. The Morgan fingerprint density at radius 3 is 3.00 bits per heavy atom. The van der Waals surface area contributed by atoms with Crippen LogP contribution in [0.5, 0.6) is 0 Å². The smallest absolute Gasteiger partial charge is 0.182 e. The van der Waals surface area contributed by atoms with Gasteiger partial charge in [0.2, 0.25) is 0 Å². The predicted octanol–water partition coefficient (Wildman–Crippen LogP) is 1.97. The fourth-order valence-electron chi connectivity index (χ4n) is 1.40. The number of rotatable bonds is 5. The number of aromatic nitrogens is 1. The highest BCUT2D eigenvalue weighted by Gasteiger charge is 2.22. The van der Waals surface area contributed by atoms with Gasteiger partial charge in [0.15, 0.2) is 5.78 Å². The van der Waals surface area contributed by atoms with E-state index in [0.29, 0.717) is 18.7 Å². The fourth-order valence-corrected chi connectivity index (χ4v) is 2.08. The molecule has 0 aromatic carbocycles. The molecular weight excluding hydrogens is 196 g/mol. The van der Waals surface area contributed by atoms with E-state index in [1.54, 1.807) is 0 Å². The fraction of sp³-hybridized carbons (Fsp3) is 0.600. The van der Waals surface area contributed by atoms with Crippen LogP contribution in [0.25, 0.3) is 0 Å². The predicted molar refractivity (Wildman–Crippen MR) is 56.3 cm³/mol. The van der Waals surface area contributed by atoms with Crippen LogP contribution in [0.15, 0.2) is 5.38 Å². The summed E-state index contributed by atoms with van der Waals surface area (Å²) in [5.41, 5.74) is 6.04. The van der Waals surface area contributed by atoms with Crippen LogP contribution in [0.3, 0.4) is 0 Å². The molecule has 3 nitrogen and oxygen atoms in total. The van der Waals surface area contributed by atoms with Gasteiger partial charge in [0.1, 0.15) is 10.7 Å². The summed E-state index contributed by atoms with van der Waals surface area (Å²) in [7, 11) is 0. The maximum absolute atomic E-state index is 11.6. The maximum Gasteiger partial charge on any atom is 0.182 e. The van der Waals surface area contributed by atoms with Crippen molar-refractivity contribution in [3.05, 3.63) is 16.1 Å². The standard InChI is InChI=1S/C10H14N2OS/c11-5-10-12-8(6-14-10)9(13)4-3-7-1-2-7/h6-7H,1-5,11H2. The highest BCUT2D eigenvalue weighted by atomic mass is 32.1. The van der Waals surface area contributed by atoms with E-state index in [1.807, 2.05) is 5.38 Å². The Hall–Kier alpha value is -0.740. The molecule has 2 N–H and O–H groups in total. The normalized spacial score (nSPS) is 15.8. The molecule has 0 spiro atoms. The van der Waals surface area contributed by atoms with Crippen LogP contribution in [-0.2, 0) is 6.54 Å². The lowest BCUT2D eigenvalue weighted by atomic mass is 10.1. The lowest BCUT2D eigenvalue weighted by molar-refractivity contribution is 0.0974. The van der Waals surface area contributed by atoms with Crippen LogP contribution < -0.4 is 5.73 Å². The van der Waals surface area contributed by atoms with E-state index in [9.17, 15) is 4.79 Å². The molecule has 0 aliphatic heterocycles. The molecule has 1 aliphatic carbocycles. The van der Waals surface area contributed by atoms with Crippen molar-refractivity contribution in [1.29, 1.82) is 0 Å². The third-order valence-electron chi connectivity index (χ3n) is 2.49. The molecule has 0 saturated heterocycles. The molecule has 14 heavy (non-hydrogen) atoms. The second kappa shape index (κ2) is 4.19. The highest BCUT2D eigenvalue weighted by Crippen LogP contribution is 2.33. The van der Waals surface area contributed by atoms with Gasteiger partial charge >= 0.3 is 0 Å². The average Bonchev–Trinajstić information content (AvgIpc) is 2.90. The minimum atomic E-state index is 0.174. The molecule has 2 rings (SSSR count). The Bertz CT molecular complexity index is 331. The van der Waals surface area contributed by atoms with Gasteiger partial charge in [0.25, 0.3) is 0 Å². The number of Topliss-reactive ketones (excluding diaryl/α,β-unsaturated/α-hetero) is 1. The molecule has 1 aromatic rings. The topological polar surface area (TPSA) is 56.0 Å². The molecule has 0 unspecified atom stereocenters. The van der Waals surface area contributed by atoms with E-state index in [-0.39, 0.29) is 5.78 Å². The number of hydrogen-bond acceptors (Lipinski definition) is 4. The Morgan fingerprint density at radius 2 is 2.43 bits per heavy atom. The number of thiazole rings is 1. The number of nitrogens with two attached hydrogens (primary N) is 1. The lowest BCUT2D eigenvalue weighted by Crippen LogP contribution is -2.01. The number of carbonyl (C=O) groups excluding carboxylic acids is 1. The maximum atomic E-state index is 11.6. The first-order valence-corrected chi connectivity index (χ1v) is 5.85. The summed E-state index contributed by atoms with van der Waals surface area (Å²) < 4.78 is 0. The highest BCUT2D eigenvalue weighted by molar-refractivity contribution is 7.09. The zero-order chi connectivity index (χ0) is 9.97. The molecule has 1 saturated carbocycles. The minimum absolute atomic E-state index is 0.174. The van der Waals surface area contributed by atoms with Crippen LogP contribution in [0, 0.1) is 5.92 Å². The van der Waals surface area contributed by atoms with E-state index in [1.165, 1.54) is 24.2 Å². The van der Waals surface area contributed by atoms with E-state index in [4.69, 9.17) is 5.73 Å². The van der Waals surface area contributed by atoms with Crippen LogP contribution in [0.1, 0.15) is 41.2 Å². The SMILES string of the molecule is NCc1nc(C(=O)CCC2CC2)cs1. The molecule has 1 heterocycles. The van der Waals surface area contributed by atoms with E-state index < -0.39 is 0 Å². The molecule has 4 heteroatoms. The number of hydrogen-bond donors (Lipinski definition) is 1. The second-order valence-corrected chi connectivity index (χ2v) is 4.68.